The fraction of sp³-hybridized carbons (Fsp3) is 0.133. The number of aromatic nitrogens is 1. The molecule has 20 heavy (non-hydrogen) atoms. The fourth-order valence-corrected chi connectivity index (χ4v) is 1.98. The lowest BCUT2D eigenvalue weighted by molar-refractivity contribution is 0.267. The van der Waals surface area contributed by atoms with Gasteiger partial charge in [0.2, 0.25) is 5.89 Å². The SMILES string of the molecule is OCc1ccc2oc(COc3ccc(Cl)cc3)nc2c1. The first-order chi connectivity index (χ1) is 9.74. The molecular weight excluding hydrogens is 278 g/mol. The van der Waals surface area contributed by atoms with Crippen molar-refractivity contribution in [3.05, 3.63) is 58.9 Å². The summed E-state index contributed by atoms with van der Waals surface area (Å²) in [5.41, 5.74) is 2.19. The third-order valence-corrected chi connectivity index (χ3v) is 3.11. The van der Waals surface area contributed by atoms with Crippen molar-refractivity contribution in [2.75, 3.05) is 0 Å². The van der Waals surface area contributed by atoms with Gasteiger partial charge in [0.15, 0.2) is 12.2 Å². The quantitative estimate of drug-likeness (QED) is 0.798. The van der Waals surface area contributed by atoms with Crippen LogP contribution in [0, 0.1) is 0 Å². The van der Waals surface area contributed by atoms with Gasteiger partial charge in [-0.05, 0) is 42.0 Å². The maximum atomic E-state index is 9.08. The van der Waals surface area contributed by atoms with Crippen LogP contribution in [0.2, 0.25) is 5.02 Å². The highest BCUT2D eigenvalue weighted by atomic mass is 35.5. The molecule has 0 radical (unpaired) electrons. The molecule has 0 amide bonds. The average molecular weight is 290 g/mol. The van der Waals surface area contributed by atoms with Gasteiger partial charge in [0.05, 0.1) is 6.61 Å². The first kappa shape index (κ1) is 13.0. The normalized spacial score (nSPS) is 10.9. The Morgan fingerprint density at radius 1 is 1.15 bits per heavy atom. The van der Waals surface area contributed by atoms with Gasteiger partial charge in [-0.1, -0.05) is 17.7 Å². The van der Waals surface area contributed by atoms with E-state index >= 15 is 0 Å². The zero-order chi connectivity index (χ0) is 13.9. The molecule has 2 aromatic carbocycles. The van der Waals surface area contributed by atoms with Crippen molar-refractivity contribution >= 4 is 22.7 Å². The molecule has 0 aliphatic rings. The molecule has 0 fully saturated rings. The number of oxazole rings is 1. The van der Waals surface area contributed by atoms with Crippen LogP contribution in [0.15, 0.2) is 46.9 Å². The van der Waals surface area contributed by atoms with Crippen LogP contribution in [0.25, 0.3) is 11.1 Å². The highest BCUT2D eigenvalue weighted by Gasteiger charge is 2.07. The number of aliphatic hydroxyl groups excluding tert-OH is 1. The minimum Gasteiger partial charge on any atom is -0.484 e. The smallest absolute Gasteiger partial charge is 0.233 e. The molecule has 102 valence electrons. The van der Waals surface area contributed by atoms with Crippen LogP contribution in [-0.4, -0.2) is 10.1 Å². The Morgan fingerprint density at radius 3 is 2.70 bits per heavy atom. The Bertz CT molecular complexity index is 722. The van der Waals surface area contributed by atoms with Gasteiger partial charge in [-0.15, -0.1) is 0 Å². The van der Waals surface area contributed by atoms with Crippen molar-refractivity contribution in [3.8, 4) is 5.75 Å². The van der Waals surface area contributed by atoms with Crippen LogP contribution in [-0.2, 0) is 13.2 Å². The Morgan fingerprint density at radius 2 is 1.95 bits per heavy atom. The second kappa shape index (κ2) is 5.53. The summed E-state index contributed by atoms with van der Waals surface area (Å²) in [5, 5.41) is 9.75. The van der Waals surface area contributed by atoms with Crippen LogP contribution in [0.3, 0.4) is 0 Å². The summed E-state index contributed by atoms with van der Waals surface area (Å²) in [5.74, 6) is 1.19. The van der Waals surface area contributed by atoms with E-state index in [1.807, 2.05) is 0 Å². The van der Waals surface area contributed by atoms with Crippen molar-refractivity contribution in [1.29, 1.82) is 0 Å². The summed E-state index contributed by atoms with van der Waals surface area (Å²) in [6.07, 6.45) is 0. The molecule has 5 heteroatoms. The predicted molar refractivity (Wildman–Crippen MR) is 75.7 cm³/mol. The Labute approximate surface area is 120 Å². The van der Waals surface area contributed by atoms with Gasteiger partial charge >= 0.3 is 0 Å². The molecule has 0 unspecified atom stereocenters. The van der Waals surface area contributed by atoms with E-state index in [2.05, 4.69) is 4.98 Å². The number of benzene rings is 2. The predicted octanol–water partition coefficient (Wildman–Crippen LogP) is 3.55. The lowest BCUT2D eigenvalue weighted by atomic mass is 10.2. The number of halogens is 1. The summed E-state index contributed by atoms with van der Waals surface area (Å²) < 4.78 is 11.1. The van der Waals surface area contributed by atoms with Gasteiger partial charge < -0.3 is 14.3 Å². The van der Waals surface area contributed by atoms with Crippen molar-refractivity contribution < 1.29 is 14.3 Å². The summed E-state index contributed by atoms with van der Waals surface area (Å²) >= 11 is 5.80. The summed E-state index contributed by atoms with van der Waals surface area (Å²) in [7, 11) is 0. The first-order valence-corrected chi connectivity index (χ1v) is 6.50. The zero-order valence-electron chi connectivity index (χ0n) is 10.5. The van der Waals surface area contributed by atoms with Gasteiger partial charge in [0, 0.05) is 5.02 Å². The van der Waals surface area contributed by atoms with E-state index in [0.29, 0.717) is 27.8 Å². The number of nitrogens with zero attached hydrogens (tertiary/aromatic N) is 1. The molecule has 0 aliphatic carbocycles. The van der Waals surface area contributed by atoms with E-state index in [1.165, 1.54) is 0 Å². The third kappa shape index (κ3) is 2.76. The van der Waals surface area contributed by atoms with E-state index in [0.717, 1.165) is 5.56 Å². The standard InChI is InChI=1S/C15H12ClNO3/c16-11-2-4-12(5-3-11)19-9-15-17-13-7-10(8-18)1-6-14(13)20-15/h1-7,18H,8-9H2. The third-order valence-electron chi connectivity index (χ3n) is 2.85. The Balaban J connectivity index is 1.75. The zero-order valence-corrected chi connectivity index (χ0v) is 11.3. The van der Waals surface area contributed by atoms with Crippen LogP contribution < -0.4 is 4.74 Å². The minimum atomic E-state index is -0.0145. The van der Waals surface area contributed by atoms with E-state index in [9.17, 15) is 0 Å². The van der Waals surface area contributed by atoms with Crippen molar-refractivity contribution in [1.82, 2.24) is 4.98 Å². The number of hydrogen-bond donors (Lipinski definition) is 1. The molecule has 0 atom stereocenters. The molecule has 3 aromatic rings. The number of rotatable bonds is 4. The molecule has 1 aromatic heterocycles. The van der Waals surface area contributed by atoms with Crippen LogP contribution in [0.1, 0.15) is 11.5 Å². The number of ether oxygens (including phenoxy) is 1. The fourth-order valence-electron chi connectivity index (χ4n) is 1.86. The second-order valence-electron chi connectivity index (χ2n) is 4.31. The van der Waals surface area contributed by atoms with Crippen molar-refractivity contribution in [2.45, 2.75) is 13.2 Å². The second-order valence-corrected chi connectivity index (χ2v) is 4.75. The average Bonchev–Trinajstić information content (AvgIpc) is 2.88. The minimum absolute atomic E-state index is 0.0145. The topological polar surface area (TPSA) is 55.5 Å². The molecule has 0 saturated heterocycles. The molecule has 4 nitrogen and oxygen atoms in total. The molecule has 1 heterocycles. The molecule has 0 saturated carbocycles. The molecule has 3 rings (SSSR count). The summed E-state index contributed by atoms with van der Waals surface area (Å²) in [6, 6.07) is 12.5. The number of aliphatic hydroxyl groups is 1. The van der Waals surface area contributed by atoms with Crippen molar-refractivity contribution in [2.24, 2.45) is 0 Å². The van der Waals surface area contributed by atoms with E-state index < -0.39 is 0 Å². The molecule has 0 spiro atoms. The summed E-state index contributed by atoms with van der Waals surface area (Å²) in [6.45, 7) is 0.226. The lowest BCUT2D eigenvalue weighted by Gasteiger charge is -2.02. The van der Waals surface area contributed by atoms with Crippen LogP contribution >= 0.6 is 11.6 Å². The number of hydrogen-bond acceptors (Lipinski definition) is 4. The Kier molecular flexibility index (Phi) is 3.58. The lowest BCUT2D eigenvalue weighted by Crippen LogP contribution is -1.95. The largest absolute Gasteiger partial charge is 0.484 e. The first-order valence-electron chi connectivity index (χ1n) is 6.12. The monoisotopic (exact) mass is 289 g/mol. The maximum absolute atomic E-state index is 9.08. The van der Waals surface area contributed by atoms with Gasteiger partial charge in [-0.2, -0.15) is 0 Å². The molecule has 0 bridgehead atoms. The van der Waals surface area contributed by atoms with Gasteiger partial charge in [0.25, 0.3) is 0 Å². The van der Waals surface area contributed by atoms with Crippen LogP contribution in [0.4, 0.5) is 0 Å². The molecule has 0 aliphatic heterocycles. The van der Waals surface area contributed by atoms with Gasteiger partial charge in [-0.3, -0.25) is 0 Å². The van der Waals surface area contributed by atoms with Crippen LogP contribution in [0.5, 0.6) is 5.75 Å². The highest BCUT2D eigenvalue weighted by Crippen LogP contribution is 2.20. The number of fused-ring (bicyclic) bond motifs is 1. The van der Waals surface area contributed by atoms with Crippen molar-refractivity contribution in [3.63, 3.8) is 0 Å². The molecular formula is C15H12ClNO3. The maximum Gasteiger partial charge on any atom is 0.233 e. The van der Waals surface area contributed by atoms with E-state index in [1.54, 1.807) is 42.5 Å². The van der Waals surface area contributed by atoms with Gasteiger partial charge in [-0.25, -0.2) is 4.98 Å². The summed E-state index contributed by atoms with van der Waals surface area (Å²) in [4.78, 5) is 4.33. The van der Waals surface area contributed by atoms with E-state index in [-0.39, 0.29) is 13.2 Å². The van der Waals surface area contributed by atoms with E-state index in [4.69, 9.17) is 25.9 Å². The van der Waals surface area contributed by atoms with Gasteiger partial charge in [0.1, 0.15) is 11.3 Å². The highest BCUT2D eigenvalue weighted by molar-refractivity contribution is 6.30. The Hall–Kier alpha value is -2.04. The molecule has 1 N–H and O–H groups in total.